The van der Waals surface area contributed by atoms with Crippen LogP contribution in [0.5, 0.6) is 0 Å². The first-order valence-corrected chi connectivity index (χ1v) is 5.93. The van der Waals surface area contributed by atoms with E-state index in [0.717, 1.165) is 17.7 Å². The molecular formula is C11H14O3S. The van der Waals surface area contributed by atoms with E-state index in [9.17, 15) is 4.79 Å². The number of thiophene rings is 1. The molecule has 0 spiro atoms. The molecule has 0 amide bonds. The summed E-state index contributed by atoms with van der Waals surface area (Å²) >= 11 is 1.69. The molecule has 2 rings (SSSR count). The lowest BCUT2D eigenvalue weighted by Gasteiger charge is -2.26. The van der Waals surface area contributed by atoms with E-state index >= 15 is 0 Å². The summed E-state index contributed by atoms with van der Waals surface area (Å²) in [7, 11) is 0. The van der Waals surface area contributed by atoms with Gasteiger partial charge < -0.3 is 9.84 Å². The molecule has 1 aromatic heterocycles. The lowest BCUT2D eigenvalue weighted by atomic mass is 10.0. The van der Waals surface area contributed by atoms with Gasteiger partial charge >= 0.3 is 5.97 Å². The SMILES string of the molecule is Cc1ccc(C2CCCC(C(=O)O)O2)s1. The van der Waals surface area contributed by atoms with Crippen LogP contribution in [-0.2, 0) is 9.53 Å². The van der Waals surface area contributed by atoms with Crippen LogP contribution >= 0.6 is 11.3 Å². The van der Waals surface area contributed by atoms with E-state index in [0.29, 0.717) is 6.42 Å². The standard InChI is InChI=1S/C11H14O3S/c1-7-5-6-10(15-7)8-3-2-4-9(14-8)11(12)13/h5-6,8-9H,2-4H2,1H3,(H,12,13). The summed E-state index contributed by atoms with van der Waals surface area (Å²) in [6, 6.07) is 4.09. The molecule has 0 bridgehead atoms. The van der Waals surface area contributed by atoms with Gasteiger partial charge in [-0.1, -0.05) is 0 Å². The van der Waals surface area contributed by atoms with Crippen LogP contribution in [0.2, 0.25) is 0 Å². The Morgan fingerprint density at radius 2 is 2.33 bits per heavy atom. The molecule has 1 fully saturated rings. The van der Waals surface area contributed by atoms with Crippen molar-refractivity contribution in [3.63, 3.8) is 0 Å². The van der Waals surface area contributed by atoms with Crippen molar-refractivity contribution in [2.24, 2.45) is 0 Å². The van der Waals surface area contributed by atoms with Crippen LogP contribution in [-0.4, -0.2) is 17.2 Å². The van der Waals surface area contributed by atoms with Gasteiger partial charge in [0.1, 0.15) is 0 Å². The fourth-order valence-electron chi connectivity index (χ4n) is 1.84. The van der Waals surface area contributed by atoms with E-state index in [1.807, 2.05) is 19.1 Å². The minimum atomic E-state index is -0.840. The molecule has 0 saturated carbocycles. The van der Waals surface area contributed by atoms with Gasteiger partial charge in [0, 0.05) is 9.75 Å². The van der Waals surface area contributed by atoms with Crippen molar-refractivity contribution in [3.05, 3.63) is 21.9 Å². The first kappa shape index (κ1) is 10.6. The van der Waals surface area contributed by atoms with Gasteiger partial charge in [-0.25, -0.2) is 4.79 Å². The largest absolute Gasteiger partial charge is 0.479 e. The molecule has 1 saturated heterocycles. The van der Waals surface area contributed by atoms with E-state index < -0.39 is 12.1 Å². The molecule has 1 aliphatic rings. The molecule has 2 unspecified atom stereocenters. The van der Waals surface area contributed by atoms with E-state index in [1.165, 1.54) is 4.88 Å². The average Bonchev–Trinajstić information content (AvgIpc) is 2.65. The zero-order chi connectivity index (χ0) is 10.8. The van der Waals surface area contributed by atoms with Gasteiger partial charge in [0.25, 0.3) is 0 Å². The fraction of sp³-hybridized carbons (Fsp3) is 0.545. The predicted octanol–water partition coefficient (Wildman–Crippen LogP) is 2.75. The quantitative estimate of drug-likeness (QED) is 0.843. The number of carboxylic acids is 1. The van der Waals surface area contributed by atoms with Crippen LogP contribution in [0.1, 0.15) is 35.1 Å². The van der Waals surface area contributed by atoms with Crippen LogP contribution < -0.4 is 0 Å². The molecule has 1 aromatic rings. The van der Waals surface area contributed by atoms with Crippen molar-refractivity contribution < 1.29 is 14.6 Å². The molecular weight excluding hydrogens is 212 g/mol. The Labute approximate surface area is 92.7 Å². The average molecular weight is 226 g/mol. The summed E-state index contributed by atoms with van der Waals surface area (Å²) in [5, 5.41) is 8.89. The second kappa shape index (κ2) is 4.33. The summed E-state index contributed by atoms with van der Waals surface area (Å²) in [6.07, 6.45) is 1.86. The second-order valence-corrected chi connectivity index (χ2v) is 5.15. The number of hydrogen-bond acceptors (Lipinski definition) is 3. The molecule has 15 heavy (non-hydrogen) atoms. The van der Waals surface area contributed by atoms with Crippen molar-refractivity contribution in [1.29, 1.82) is 0 Å². The van der Waals surface area contributed by atoms with Gasteiger partial charge in [0.15, 0.2) is 6.10 Å². The maximum Gasteiger partial charge on any atom is 0.332 e. The molecule has 0 aromatic carbocycles. The monoisotopic (exact) mass is 226 g/mol. The molecule has 0 radical (unpaired) electrons. The number of carboxylic acid groups (broad SMARTS) is 1. The zero-order valence-corrected chi connectivity index (χ0v) is 9.42. The number of ether oxygens (including phenoxy) is 1. The Balaban J connectivity index is 2.07. The van der Waals surface area contributed by atoms with Crippen molar-refractivity contribution in [1.82, 2.24) is 0 Å². The smallest absolute Gasteiger partial charge is 0.332 e. The van der Waals surface area contributed by atoms with Crippen molar-refractivity contribution in [2.45, 2.75) is 38.4 Å². The molecule has 1 N–H and O–H groups in total. The first-order chi connectivity index (χ1) is 7.16. The minimum absolute atomic E-state index is 0.0152. The Morgan fingerprint density at radius 3 is 2.93 bits per heavy atom. The molecule has 0 aliphatic carbocycles. The van der Waals surface area contributed by atoms with Crippen LogP contribution in [0.25, 0.3) is 0 Å². The Bertz CT molecular complexity index is 358. The summed E-state index contributed by atoms with van der Waals surface area (Å²) < 4.78 is 5.56. The number of rotatable bonds is 2. The number of carbonyl (C=O) groups is 1. The van der Waals surface area contributed by atoms with Crippen LogP contribution in [0.4, 0.5) is 0 Å². The van der Waals surface area contributed by atoms with Crippen LogP contribution in [0.15, 0.2) is 12.1 Å². The molecule has 82 valence electrons. The zero-order valence-electron chi connectivity index (χ0n) is 8.60. The summed E-state index contributed by atoms with van der Waals surface area (Å²) in [5.74, 6) is -0.840. The highest BCUT2D eigenvalue weighted by molar-refractivity contribution is 7.12. The topological polar surface area (TPSA) is 46.5 Å². The van der Waals surface area contributed by atoms with Crippen LogP contribution in [0, 0.1) is 6.92 Å². The summed E-state index contributed by atoms with van der Waals surface area (Å²) in [6.45, 7) is 2.05. The Hall–Kier alpha value is -0.870. The van der Waals surface area contributed by atoms with E-state index in [4.69, 9.17) is 9.84 Å². The number of aryl methyl sites for hydroxylation is 1. The predicted molar refractivity (Wildman–Crippen MR) is 58.2 cm³/mol. The van der Waals surface area contributed by atoms with Gasteiger partial charge in [-0.15, -0.1) is 11.3 Å². The summed E-state index contributed by atoms with van der Waals surface area (Å²) in [5.41, 5.74) is 0. The van der Waals surface area contributed by atoms with E-state index in [2.05, 4.69) is 0 Å². The highest BCUT2D eigenvalue weighted by atomic mass is 32.1. The fourth-order valence-corrected chi connectivity index (χ4v) is 2.79. The van der Waals surface area contributed by atoms with E-state index in [-0.39, 0.29) is 6.10 Å². The second-order valence-electron chi connectivity index (χ2n) is 3.83. The third kappa shape index (κ3) is 2.38. The Kier molecular flexibility index (Phi) is 3.07. The van der Waals surface area contributed by atoms with E-state index in [1.54, 1.807) is 11.3 Å². The number of hydrogen-bond donors (Lipinski definition) is 1. The van der Waals surface area contributed by atoms with Crippen LogP contribution in [0.3, 0.4) is 0 Å². The molecule has 2 heterocycles. The molecule has 1 aliphatic heterocycles. The maximum atomic E-state index is 10.8. The van der Waals surface area contributed by atoms with Crippen molar-refractivity contribution in [3.8, 4) is 0 Å². The van der Waals surface area contributed by atoms with Gasteiger partial charge in [0.2, 0.25) is 0 Å². The van der Waals surface area contributed by atoms with Gasteiger partial charge in [-0.3, -0.25) is 0 Å². The lowest BCUT2D eigenvalue weighted by Crippen LogP contribution is -2.29. The third-order valence-corrected chi connectivity index (χ3v) is 3.71. The van der Waals surface area contributed by atoms with Gasteiger partial charge in [-0.05, 0) is 38.3 Å². The lowest BCUT2D eigenvalue weighted by molar-refractivity contribution is -0.159. The summed E-state index contributed by atoms with van der Waals surface area (Å²) in [4.78, 5) is 13.2. The normalized spacial score (nSPS) is 26.5. The first-order valence-electron chi connectivity index (χ1n) is 5.11. The number of aliphatic carboxylic acids is 1. The minimum Gasteiger partial charge on any atom is -0.479 e. The molecule has 4 heteroatoms. The van der Waals surface area contributed by atoms with Gasteiger partial charge in [0.05, 0.1) is 6.10 Å². The van der Waals surface area contributed by atoms with Crippen molar-refractivity contribution >= 4 is 17.3 Å². The molecule has 2 atom stereocenters. The third-order valence-electron chi connectivity index (χ3n) is 2.62. The maximum absolute atomic E-state index is 10.8. The Morgan fingerprint density at radius 1 is 1.53 bits per heavy atom. The van der Waals surface area contributed by atoms with Gasteiger partial charge in [-0.2, -0.15) is 0 Å². The highest BCUT2D eigenvalue weighted by Crippen LogP contribution is 2.34. The highest BCUT2D eigenvalue weighted by Gasteiger charge is 2.28. The van der Waals surface area contributed by atoms with Crippen molar-refractivity contribution in [2.75, 3.05) is 0 Å². The molecule has 3 nitrogen and oxygen atoms in total.